The van der Waals surface area contributed by atoms with E-state index in [1.807, 2.05) is 0 Å². The standard InChI is InChI=1S/C12H22N2O3/c1-10(2)14-7-4-5-12(6-8-14,11(16)17)13(3)9-15/h9-10H,4-8H2,1-3H3,(H,16,17). The number of carboxylic acid groups (broad SMARTS) is 1. The predicted molar refractivity (Wildman–Crippen MR) is 64.8 cm³/mol. The summed E-state index contributed by atoms with van der Waals surface area (Å²) in [6.45, 7) is 5.84. The third-order valence-electron chi connectivity index (χ3n) is 3.81. The van der Waals surface area contributed by atoms with E-state index in [9.17, 15) is 14.7 Å². The zero-order valence-corrected chi connectivity index (χ0v) is 10.8. The van der Waals surface area contributed by atoms with Gasteiger partial charge in [0.2, 0.25) is 6.41 Å². The third kappa shape index (κ3) is 2.77. The lowest BCUT2D eigenvalue weighted by Gasteiger charge is -2.35. The van der Waals surface area contributed by atoms with Crippen molar-refractivity contribution in [2.24, 2.45) is 0 Å². The first kappa shape index (κ1) is 14.0. The van der Waals surface area contributed by atoms with Crippen LogP contribution in [0.15, 0.2) is 0 Å². The highest BCUT2D eigenvalue weighted by Crippen LogP contribution is 2.28. The summed E-state index contributed by atoms with van der Waals surface area (Å²) >= 11 is 0. The Hall–Kier alpha value is -1.10. The van der Waals surface area contributed by atoms with E-state index in [0.717, 1.165) is 19.5 Å². The van der Waals surface area contributed by atoms with Crippen LogP contribution in [0.4, 0.5) is 0 Å². The zero-order valence-electron chi connectivity index (χ0n) is 10.8. The van der Waals surface area contributed by atoms with Crippen LogP contribution in [0, 0.1) is 0 Å². The molecule has 1 fully saturated rings. The molecule has 98 valence electrons. The number of carbonyl (C=O) groups excluding carboxylic acids is 1. The number of carboxylic acids is 1. The molecule has 1 heterocycles. The molecule has 0 radical (unpaired) electrons. The normalized spacial score (nSPS) is 26.6. The first-order chi connectivity index (χ1) is 7.94. The Morgan fingerprint density at radius 2 is 2.06 bits per heavy atom. The molecule has 1 aliphatic rings. The van der Waals surface area contributed by atoms with Crippen molar-refractivity contribution in [3.05, 3.63) is 0 Å². The van der Waals surface area contributed by atoms with E-state index in [2.05, 4.69) is 18.7 Å². The van der Waals surface area contributed by atoms with Crippen LogP contribution in [0.3, 0.4) is 0 Å². The number of aliphatic carboxylic acids is 1. The monoisotopic (exact) mass is 242 g/mol. The first-order valence-electron chi connectivity index (χ1n) is 6.09. The molecule has 0 bridgehead atoms. The van der Waals surface area contributed by atoms with Gasteiger partial charge in [-0.05, 0) is 39.7 Å². The van der Waals surface area contributed by atoms with Crippen LogP contribution in [-0.2, 0) is 9.59 Å². The minimum Gasteiger partial charge on any atom is -0.479 e. The maximum absolute atomic E-state index is 11.5. The van der Waals surface area contributed by atoms with Crippen LogP contribution >= 0.6 is 0 Å². The second-order valence-electron chi connectivity index (χ2n) is 5.04. The van der Waals surface area contributed by atoms with Crippen LogP contribution in [0.2, 0.25) is 0 Å². The van der Waals surface area contributed by atoms with E-state index in [0.29, 0.717) is 25.3 Å². The number of likely N-dealkylation sites (tertiary alicyclic amines) is 1. The summed E-state index contributed by atoms with van der Waals surface area (Å²) in [6.07, 6.45) is 2.46. The van der Waals surface area contributed by atoms with E-state index in [-0.39, 0.29) is 0 Å². The molecule has 0 aromatic rings. The topological polar surface area (TPSA) is 60.9 Å². The van der Waals surface area contributed by atoms with Gasteiger partial charge in [0.05, 0.1) is 0 Å². The molecule has 0 aromatic heterocycles. The predicted octanol–water partition coefficient (Wildman–Crippen LogP) is 0.792. The van der Waals surface area contributed by atoms with Crippen molar-refractivity contribution >= 4 is 12.4 Å². The van der Waals surface area contributed by atoms with Gasteiger partial charge in [-0.3, -0.25) is 4.79 Å². The average molecular weight is 242 g/mol. The number of hydrogen-bond acceptors (Lipinski definition) is 3. The van der Waals surface area contributed by atoms with Crippen LogP contribution in [0.25, 0.3) is 0 Å². The van der Waals surface area contributed by atoms with Crippen LogP contribution in [0.5, 0.6) is 0 Å². The Morgan fingerprint density at radius 1 is 1.41 bits per heavy atom. The van der Waals surface area contributed by atoms with E-state index in [1.54, 1.807) is 7.05 Å². The van der Waals surface area contributed by atoms with Gasteiger partial charge in [0, 0.05) is 19.6 Å². The molecule has 5 nitrogen and oxygen atoms in total. The molecule has 5 heteroatoms. The molecule has 0 saturated carbocycles. The lowest BCUT2D eigenvalue weighted by molar-refractivity contribution is -0.154. The molecule has 1 N–H and O–H groups in total. The average Bonchev–Trinajstić information content (AvgIpc) is 2.51. The fourth-order valence-electron chi connectivity index (χ4n) is 2.47. The molecule has 0 aliphatic carbocycles. The number of rotatable bonds is 4. The van der Waals surface area contributed by atoms with Crippen molar-refractivity contribution in [1.82, 2.24) is 9.80 Å². The van der Waals surface area contributed by atoms with Crippen molar-refractivity contribution in [3.8, 4) is 0 Å². The molecule has 1 saturated heterocycles. The maximum atomic E-state index is 11.5. The lowest BCUT2D eigenvalue weighted by atomic mass is 9.89. The van der Waals surface area contributed by atoms with Crippen molar-refractivity contribution < 1.29 is 14.7 Å². The molecule has 0 spiro atoms. The summed E-state index contributed by atoms with van der Waals surface area (Å²) in [5.41, 5.74) is -1.02. The van der Waals surface area contributed by atoms with Crippen LogP contribution < -0.4 is 0 Å². The van der Waals surface area contributed by atoms with Gasteiger partial charge < -0.3 is 14.9 Å². The Bertz CT molecular complexity index is 293. The smallest absolute Gasteiger partial charge is 0.329 e. The molecule has 1 rings (SSSR count). The summed E-state index contributed by atoms with van der Waals surface area (Å²) < 4.78 is 0. The summed E-state index contributed by atoms with van der Waals surface area (Å²) in [7, 11) is 1.56. The molecule has 1 unspecified atom stereocenters. The third-order valence-corrected chi connectivity index (χ3v) is 3.81. The maximum Gasteiger partial charge on any atom is 0.329 e. The van der Waals surface area contributed by atoms with E-state index < -0.39 is 11.5 Å². The molecular weight excluding hydrogens is 220 g/mol. The largest absolute Gasteiger partial charge is 0.479 e. The molecule has 17 heavy (non-hydrogen) atoms. The van der Waals surface area contributed by atoms with E-state index in [4.69, 9.17) is 0 Å². The van der Waals surface area contributed by atoms with E-state index in [1.165, 1.54) is 4.90 Å². The van der Waals surface area contributed by atoms with Crippen molar-refractivity contribution in [2.75, 3.05) is 20.1 Å². The van der Waals surface area contributed by atoms with Gasteiger partial charge in [-0.2, -0.15) is 0 Å². The van der Waals surface area contributed by atoms with Crippen molar-refractivity contribution in [1.29, 1.82) is 0 Å². The summed E-state index contributed by atoms with van der Waals surface area (Å²) in [5, 5.41) is 9.42. The van der Waals surface area contributed by atoms with Gasteiger partial charge in [-0.25, -0.2) is 4.79 Å². The molecule has 1 aliphatic heterocycles. The van der Waals surface area contributed by atoms with Crippen LogP contribution in [-0.4, -0.2) is 59.0 Å². The van der Waals surface area contributed by atoms with Gasteiger partial charge in [-0.1, -0.05) is 0 Å². The second kappa shape index (κ2) is 5.49. The molecule has 1 amide bonds. The highest BCUT2D eigenvalue weighted by atomic mass is 16.4. The van der Waals surface area contributed by atoms with Crippen LogP contribution in [0.1, 0.15) is 33.1 Å². The molecule has 1 atom stereocenters. The first-order valence-corrected chi connectivity index (χ1v) is 6.09. The summed E-state index contributed by atoms with van der Waals surface area (Å²) in [5.74, 6) is -0.891. The Kier molecular flexibility index (Phi) is 4.51. The van der Waals surface area contributed by atoms with Gasteiger partial charge >= 0.3 is 5.97 Å². The number of amides is 1. The fraction of sp³-hybridized carbons (Fsp3) is 0.833. The lowest BCUT2D eigenvalue weighted by Crippen LogP contribution is -2.53. The molecular formula is C12H22N2O3. The quantitative estimate of drug-likeness (QED) is 0.740. The van der Waals surface area contributed by atoms with Gasteiger partial charge in [0.25, 0.3) is 0 Å². The van der Waals surface area contributed by atoms with Crippen molar-refractivity contribution in [3.63, 3.8) is 0 Å². The number of likely N-dealkylation sites (N-methyl/N-ethyl adjacent to an activating group) is 1. The zero-order chi connectivity index (χ0) is 13.1. The van der Waals surface area contributed by atoms with E-state index >= 15 is 0 Å². The highest BCUT2D eigenvalue weighted by Gasteiger charge is 2.43. The van der Waals surface area contributed by atoms with Crippen molar-refractivity contribution in [2.45, 2.75) is 44.7 Å². The second-order valence-corrected chi connectivity index (χ2v) is 5.04. The number of carbonyl (C=O) groups is 2. The SMILES string of the molecule is CC(C)N1CCCC(C(=O)O)(N(C)C=O)CC1. The van der Waals surface area contributed by atoms with Gasteiger partial charge in [0.15, 0.2) is 0 Å². The Balaban J connectivity index is 2.87. The minimum absolute atomic E-state index is 0.418. The highest BCUT2D eigenvalue weighted by molar-refractivity contribution is 5.81. The number of nitrogens with zero attached hydrogens (tertiary/aromatic N) is 2. The summed E-state index contributed by atoms with van der Waals surface area (Å²) in [6, 6.07) is 0.418. The summed E-state index contributed by atoms with van der Waals surface area (Å²) in [4.78, 5) is 26.0. The number of hydrogen-bond donors (Lipinski definition) is 1. The minimum atomic E-state index is -1.02. The Labute approximate surface area is 102 Å². The van der Waals surface area contributed by atoms with Gasteiger partial charge in [-0.15, -0.1) is 0 Å². The van der Waals surface area contributed by atoms with Gasteiger partial charge in [0.1, 0.15) is 5.54 Å². The Morgan fingerprint density at radius 3 is 2.53 bits per heavy atom. The molecule has 0 aromatic carbocycles. The fourth-order valence-corrected chi connectivity index (χ4v) is 2.47.